The first-order valence-corrected chi connectivity index (χ1v) is 6.38. The average Bonchev–Trinajstić information content (AvgIpc) is 2.91. The maximum atomic E-state index is 5.87. The molecular weight excluding hydrogens is 228 g/mol. The van der Waals surface area contributed by atoms with Gasteiger partial charge in [0.25, 0.3) is 0 Å². The molecule has 0 radical (unpaired) electrons. The minimum Gasteiger partial charge on any atom is -0.474 e. The fourth-order valence-corrected chi connectivity index (χ4v) is 2.50. The monoisotopic (exact) mass is 246 g/mol. The first-order chi connectivity index (χ1) is 8.74. The maximum absolute atomic E-state index is 5.87. The van der Waals surface area contributed by atoms with Crippen molar-refractivity contribution in [3.63, 3.8) is 0 Å². The molecule has 2 aromatic heterocycles. The Morgan fingerprint density at radius 2 is 2.39 bits per heavy atom. The van der Waals surface area contributed by atoms with Gasteiger partial charge in [-0.05, 0) is 39.4 Å². The van der Waals surface area contributed by atoms with E-state index in [4.69, 9.17) is 4.74 Å². The van der Waals surface area contributed by atoms with Crippen molar-refractivity contribution in [1.29, 1.82) is 0 Å². The predicted molar refractivity (Wildman–Crippen MR) is 68.9 cm³/mol. The van der Waals surface area contributed by atoms with Gasteiger partial charge in [-0.15, -0.1) is 0 Å². The molecule has 0 bridgehead atoms. The van der Waals surface area contributed by atoms with Crippen LogP contribution in [0.4, 0.5) is 0 Å². The highest BCUT2D eigenvalue weighted by atomic mass is 16.5. The Balaban J connectivity index is 1.78. The summed E-state index contributed by atoms with van der Waals surface area (Å²) in [6.45, 7) is 3.84. The van der Waals surface area contributed by atoms with E-state index in [0.29, 0.717) is 18.5 Å². The maximum Gasteiger partial charge on any atom is 0.240 e. The smallest absolute Gasteiger partial charge is 0.240 e. The fourth-order valence-electron chi connectivity index (χ4n) is 2.50. The van der Waals surface area contributed by atoms with Crippen LogP contribution in [0.1, 0.15) is 18.5 Å². The molecule has 18 heavy (non-hydrogen) atoms. The zero-order valence-corrected chi connectivity index (χ0v) is 10.8. The van der Waals surface area contributed by atoms with Crippen molar-refractivity contribution in [3.8, 4) is 5.88 Å². The van der Waals surface area contributed by atoms with Gasteiger partial charge in [0, 0.05) is 18.4 Å². The lowest BCUT2D eigenvalue weighted by molar-refractivity contribution is 0.194. The fraction of sp³-hybridized carbons (Fsp3) is 0.538. The minimum absolute atomic E-state index is 0.510. The summed E-state index contributed by atoms with van der Waals surface area (Å²) in [5, 5.41) is 4.35. The molecule has 1 unspecified atom stereocenters. The van der Waals surface area contributed by atoms with E-state index < -0.39 is 0 Å². The molecule has 0 aromatic carbocycles. The molecule has 0 amide bonds. The van der Waals surface area contributed by atoms with Gasteiger partial charge in [-0.25, -0.2) is 9.50 Å². The number of rotatable bonds is 3. The largest absolute Gasteiger partial charge is 0.474 e. The highest BCUT2D eigenvalue weighted by Crippen LogP contribution is 2.20. The molecule has 0 N–H and O–H groups in total. The van der Waals surface area contributed by atoms with Crippen molar-refractivity contribution in [1.82, 2.24) is 19.5 Å². The number of hydrogen-bond acceptors (Lipinski definition) is 4. The zero-order chi connectivity index (χ0) is 12.5. The Kier molecular flexibility index (Phi) is 2.91. The number of hydrogen-bond donors (Lipinski definition) is 0. The second-order valence-electron chi connectivity index (χ2n) is 4.94. The third kappa shape index (κ3) is 2.06. The summed E-state index contributed by atoms with van der Waals surface area (Å²) in [4.78, 5) is 6.65. The summed E-state index contributed by atoms with van der Waals surface area (Å²) in [7, 11) is 2.15. The van der Waals surface area contributed by atoms with E-state index in [9.17, 15) is 0 Å². The van der Waals surface area contributed by atoms with Gasteiger partial charge in [-0.3, -0.25) is 0 Å². The van der Waals surface area contributed by atoms with E-state index >= 15 is 0 Å². The second-order valence-corrected chi connectivity index (χ2v) is 4.94. The van der Waals surface area contributed by atoms with Crippen molar-refractivity contribution < 1.29 is 4.74 Å². The van der Waals surface area contributed by atoms with E-state index in [1.165, 1.54) is 12.8 Å². The van der Waals surface area contributed by atoms with Gasteiger partial charge in [0.05, 0.1) is 5.69 Å². The van der Waals surface area contributed by atoms with E-state index in [1.807, 2.05) is 23.7 Å². The number of likely N-dealkylation sites (tertiary alicyclic amines) is 1. The molecule has 3 heterocycles. The number of likely N-dealkylation sites (N-methyl/N-ethyl adjacent to an activating group) is 1. The molecule has 1 aliphatic rings. The van der Waals surface area contributed by atoms with Gasteiger partial charge in [-0.1, -0.05) is 0 Å². The van der Waals surface area contributed by atoms with Crippen LogP contribution >= 0.6 is 0 Å². The van der Waals surface area contributed by atoms with Gasteiger partial charge >= 0.3 is 0 Å². The molecule has 96 valence electrons. The molecule has 0 aliphatic carbocycles. The third-order valence-corrected chi connectivity index (χ3v) is 3.56. The highest BCUT2D eigenvalue weighted by Gasteiger charge is 2.21. The van der Waals surface area contributed by atoms with E-state index in [-0.39, 0.29) is 0 Å². The summed E-state index contributed by atoms with van der Waals surface area (Å²) in [6, 6.07) is 2.51. The topological polar surface area (TPSA) is 42.7 Å². The molecule has 0 saturated carbocycles. The summed E-state index contributed by atoms with van der Waals surface area (Å²) in [5.74, 6) is 0.679. The molecule has 1 atom stereocenters. The molecule has 0 spiro atoms. The van der Waals surface area contributed by atoms with Crippen molar-refractivity contribution >= 4 is 5.52 Å². The summed E-state index contributed by atoms with van der Waals surface area (Å²) < 4.78 is 7.69. The molecule has 1 aliphatic heterocycles. The number of aryl methyl sites for hydroxylation is 1. The van der Waals surface area contributed by atoms with Crippen LogP contribution in [0.25, 0.3) is 5.52 Å². The van der Waals surface area contributed by atoms with Crippen LogP contribution in [-0.2, 0) is 0 Å². The Morgan fingerprint density at radius 1 is 1.50 bits per heavy atom. The van der Waals surface area contributed by atoms with E-state index in [1.54, 1.807) is 6.20 Å². The predicted octanol–water partition coefficient (Wildman–Crippen LogP) is 1.51. The van der Waals surface area contributed by atoms with E-state index in [2.05, 4.69) is 22.0 Å². The third-order valence-electron chi connectivity index (χ3n) is 3.56. The molecule has 5 nitrogen and oxygen atoms in total. The number of aromatic nitrogens is 3. The van der Waals surface area contributed by atoms with Gasteiger partial charge in [0.15, 0.2) is 0 Å². The van der Waals surface area contributed by atoms with Crippen LogP contribution < -0.4 is 4.74 Å². The number of ether oxygens (including phenoxy) is 1. The first kappa shape index (κ1) is 11.5. The Labute approximate surface area is 106 Å². The minimum atomic E-state index is 0.510. The van der Waals surface area contributed by atoms with Crippen molar-refractivity contribution in [2.24, 2.45) is 0 Å². The molecule has 1 fully saturated rings. The lowest BCUT2D eigenvalue weighted by Gasteiger charge is -2.19. The Hall–Kier alpha value is -1.62. The number of fused-ring (bicyclic) bond motifs is 1. The van der Waals surface area contributed by atoms with Gasteiger partial charge in [0.1, 0.15) is 12.1 Å². The second kappa shape index (κ2) is 4.57. The Morgan fingerprint density at radius 3 is 3.17 bits per heavy atom. The first-order valence-electron chi connectivity index (χ1n) is 6.38. The van der Waals surface area contributed by atoms with Gasteiger partial charge in [0.2, 0.25) is 5.88 Å². The number of nitrogens with zero attached hydrogens (tertiary/aromatic N) is 4. The molecule has 5 heteroatoms. The summed E-state index contributed by atoms with van der Waals surface area (Å²) in [5.41, 5.74) is 1.92. The van der Waals surface area contributed by atoms with Crippen molar-refractivity contribution in [2.75, 3.05) is 20.2 Å². The van der Waals surface area contributed by atoms with Crippen LogP contribution in [0.3, 0.4) is 0 Å². The van der Waals surface area contributed by atoms with Crippen LogP contribution in [0.2, 0.25) is 0 Å². The molecule has 1 saturated heterocycles. The van der Waals surface area contributed by atoms with Crippen LogP contribution in [0.15, 0.2) is 18.5 Å². The van der Waals surface area contributed by atoms with Gasteiger partial charge in [-0.2, -0.15) is 5.10 Å². The lowest BCUT2D eigenvalue weighted by Crippen LogP contribution is -2.30. The van der Waals surface area contributed by atoms with Crippen molar-refractivity contribution in [3.05, 3.63) is 24.2 Å². The van der Waals surface area contributed by atoms with Crippen LogP contribution in [0, 0.1) is 6.92 Å². The summed E-state index contributed by atoms with van der Waals surface area (Å²) >= 11 is 0. The lowest BCUT2D eigenvalue weighted by atomic mass is 10.2. The van der Waals surface area contributed by atoms with E-state index in [0.717, 1.165) is 17.8 Å². The standard InChI is InChI=1S/C13H18N4O/c1-10-8-12-13(14-5-7-17(12)15-10)18-9-11-4-3-6-16(11)2/h5,7-8,11H,3-4,6,9H2,1-2H3. The normalized spacial score (nSPS) is 20.7. The quantitative estimate of drug-likeness (QED) is 0.823. The Bertz CT molecular complexity index is 551. The molecular formula is C13H18N4O. The van der Waals surface area contributed by atoms with Crippen LogP contribution in [0.5, 0.6) is 5.88 Å². The highest BCUT2D eigenvalue weighted by molar-refractivity contribution is 5.56. The zero-order valence-electron chi connectivity index (χ0n) is 10.8. The molecule has 2 aromatic rings. The SMILES string of the molecule is Cc1cc2c(OCC3CCCN3C)nccn2n1. The van der Waals surface area contributed by atoms with Gasteiger partial charge < -0.3 is 9.64 Å². The summed E-state index contributed by atoms with van der Waals surface area (Å²) in [6.07, 6.45) is 6.04. The molecule has 3 rings (SSSR count). The van der Waals surface area contributed by atoms with Crippen molar-refractivity contribution in [2.45, 2.75) is 25.8 Å². The average molecular weight is 246 g/mol. The van der Waals surface area contributed by atoms with Crippen LogP contribution in [-0.4, -0.2) is 45.7 Å².